The van der Waals surface area contributed by atoms with Gasteiger partial charge in [-0.05, 0) is 36.8 Å². The van der Waals surface area contributed by atoms with Gasteiger partial charge in [0.25, 0.3) is 0 Å². The minimum absolute atomic E-state index is 0.0513. The lowest BCUT2D eigenvalue weighted by molar-refractivity contribution is -0.116. The number of nitrogens with one attached hydrogen (secondary N) is 1. The monoisotopic (exact) mass is 420 g/mol. The van der Waals surface area contributed by atoms with Gasteiger partial charge in [-0.1, -0.05) is 29.5 Å². The first-order chi connectivity index (χ1) is 14.6. The molecule has 1 aliphatic rings. The highest BCUT2D eigenvalue weighted by atomic mass is 32.1. The second kappa shape index (κ2) is 7.14. The predicted molar refractivity (Wildman–Crippen MR) is 116 cm³/mol. The Morgan fingerprint density at radius 3 is 2.70 bits per heavy atom. The van der Waals surface area contributed by atoms with Gasteiger partial charge in [0.2, 0.25) is 11.0 Å². The Kier molecular flexibility index (Phi) is 4.43. The lowest BCUT2D eigenvalue weighted by Gasteiger charge is -2.24. The van der Waals surface area contributed by atoms with Crippen molar-refractivity contribution in [1.29, 1.82) is 0 Å². The molecule has 0 aliphatic carbocycles. The minimum Gasteiger partial charge on any atom is -0.493 e. The van der Waals surface area contributed by atoms with Crippen LogP contribution in [0.3, 0.4) is 0 Å². The van der Waals surface area contributed by atoms with Crippen LogP contribution in [0.1, 0.15) is 29.2 Å². The molecule has 3 heterocycles. The molecule has 0 radical (unpaired) electrons. The van der Waals surface area contributed by atoms with Crippen molar-refractivity contribution in [1.82, 2.24) is 14.8 Å². The summed E-state index contributed by atoms with van der Waals surface area (Å²) >= 11 is 1.55. The lowest BCUT2D eigenvalue weighted by Crippen LogP contribution is -2.25. The predicted octanol–water partition coefficient (Wildman–Crippen LogP) is 4.28. The number of nitrogens with zero attached hydrogens (tertiary/aromatic N) is 3. The summed E-state index contributed by atoms with van der Waals surface area (Å²) in [4.78, 5) is 17.3. The second-order valence-corrected chi connectivity index (χ2v) is 8.15. The highest BCUT2D eigenvalue weighted by Gasteiger charge is 2.33. The Bertz CT molecular complexity index is 1240. The fraction of sp³-hybridized carbons (Fsp3) is 0.227. The number of ether oxygens (including phenoxy) is 2. The largest absolute Gasteiger partial charge is 0.493 e. The molecule has 152 valence electrons. The van der Waals surface area contributed by atoms with E-state index < -0.39 is 0 Å². The fourth-order valence-electron chi connectivity index (χ4n) is 3.99. The Morgan fingerprint density at radius 2 is 1.93 bits per heavy atom. The summed E-state index contributed by atoms with van der Waals surface area (Å²) in [5.74, 6) is 1.80. The second-order valence-electron chi connectivity index (χ2n) is 7.14. The topological polar surface area (TPSA) is 78.3 Å². The normalized spacial score (nSPS) is 15.7. The summed E-state index contributed by atoms with van der Waals surface area (Å²) in [5, 5.41) is 8.48. The van der Waals surface area contributed by atoms with Gasteiger partial charge in [0.1, 0.15) is 5.82 Å². The van der Waals surface area contributed by atoms with Gasteiger partial charge in [0, 0.05) is 17.9 Å². The maximum Gasteiger partial charge on any atom is 0.226 e. The number of hydrogen-bond donors (Lipinski definition) is 1. The molecule has 30 heavy (non-hydrogen) atoms. The number of benzene rings is 2. The first kappa shape index (κ1) is 18.6. The molecule has 0 unspecified atom stereocenters. The number of methoxy groups -OCH3 is 2. The third kappa shape index (κ3) is 2.91. The number of hydrogen-bond acceptors (Lipinski definition) is 6. The SMILES string of the molecule is COc1ccc([C@H]2CC(=O)Nc3c2c(C)nn3-c2nc3ccccc3s2)cc1OC. The van der Waals surface area contributed by atoms with Crippen molar-refractivity contribution in [3.63, 3.8) is 0 Å². The molecule has 1 atom stereocenters. The van der Waals surface area contributed by atoms with Gasteiger partial charge in [-0.15, -0.1) is 0 Å². The van der Waals surface area contributed by atoms with Crippen LogP contribution in [0.4, 0.5) is 5.82 Å². The smallest absolute Gasteiger partial charge is 0.226 e. The van der Waals surface area contributed by atoms with Crippen LogP contribution < -0.4 is 14.8 Å². The van der Waals surface area contributed by atoms with Gasteiger partial charge < -0.3 is 14.8 Å². The number of aromatic nitrogens is 3. The molecule has 7 nitrogen and oxygen atoms in total. The third-order valence-corrected chi connectivity index (χ3v) is 6.39. The standard InChI is InChI=1S/C22H20N4O3S/c1-12-20-14(13-8-9-16(28-2)17(10-13)29-3)11-19(27)24-21(20)26(25-12)22-23-15-6-4-5-7-18(15)30-22/h4-10,14H,11H2,1-3H3,(H,24,27)/t14-/m1/s1. The van der Waals surface area contributed by atoms with Gasteiger partial charge in [-0.25, -0.2) is 4.98 Å². The third-order valence-electron chi connectivity index (χ3n) is 5.38. The van der Waals surface area contributed by atoms with E-state index in [0.717, 1.165) is 32.2 Å². The number of carbonyl (C=O) groups is 1. The van der Waals surface area contributed by atoms with E-state index in [1.807, 2.05) is 49.4 Å². The van der Waals surface area contributed by atoms with E-state index >= 15 is 0 Å². The minimum atomic E-state index is -0.128. The zero-order valence-corrected chi connectivity index (χ0v) is 17.6. The highest BCUT2D eigenvalue weighted by molar-refractivity contribution is 7.20. The van der Waals surface area contributed by atoms with E-state index in [1.165, 1.54) is 0 Å². The number of aryl methyl sites for hydroxylation is 1. The van der Waals surface area contributed by atoms with Crippen LogP contribution >= 0.6 is 11.3 Å². The number of amides is 1. The number of thiazole rings is 1. The maximum atomic E-state index is 12.6. The number of fused-ring (bicyclic) bond motifs is 2. The molecular weight excluding hydrogens is 400 g/mol. The molecule has 5 rings (SSSR count). The number of carbonyl (C=O) groups excluding carboxylic acids is 1. The van der Waals surface area contributed by atoms with Crippen LogP contribution in [0.25, 0.3) is 15.3 Å². The molecule has 0 spiro atoms. The fourth-order valence-corrected chi connectivity index (χ4v) is 4.91. The summed E-state index contributed by atoms with van der Waals surface area (Å²) in [7, 11) is 3.22. The van der Waals surface area contributed by atoms with E-state index in [0.29, 0.717) is 23.7 Å². The van der Waals surface area contributed by atoms with Crippen molar-refractivity contribution >= 4 is 33.3 Å². The van der Waals surface area contributed by atoms with Crippen molar-refractivity contribution in [2.45, 2.75) is 19.3 Å². The van der Waals surface area contributed by atoms with Gasteiger partial charge in [-0.2, -0.15) is 9.78 Å². The van der Waals surface area contributed by atoms with E-state index in [-0.39, 0.29) is 11.8 Å². The van der Waals surface area contributed by atoms with Crippen molar-refractivity contribution in [2.24, 2.45) is 0 Å². The van der Waals surface area contributed by atoms with Crippen LogP contribution in [0.2, 0.25) is 0 Å². The van der Waals surface area contributed by atoms with E-state index in [9.17, 15) is 4.79 Å². The van der Waals surface area contributed by atoms with Gasteiger partial charge in [0.15, 0.2) is 11.5 Å². The van der Waals surface area contributed by atoms with Crippen molar-refractivity contribution < 1.29 is 14.3 Å². The molecule has 0 bridgehead atoms. The van der Waals surface area contributed by atoms with Gasteiger partial charge in [0.05, 0.1) is 30.1 Å². The number of para-hydroxylation sites is 1. The van der Waals surface area contributed by atoms with Crippen LogP contribution in [0, 0.1) is 6.92 Å². The average molecular weight is 420 g/mol. The first-order valence-corrected chi connectivity index (χ1v) is 10.4. The average Bonchev–Trinajstić information content (AvgIpc) is 3.33. The molecular formula is C22H20N4O3S. The Balaban J connectivity index is 1.65. The Labute approximate surface area is 177 Å². The summed E-state index contributed by atoms with van der Waals surface area (Å²) in [6.07, 6.45) is 0.342. The van der Waals surface area contributed by atoms with E-state index in [1.54, 1.807) is 30.2 Å². The zero-order chi connectivity index (χ0) is 20.8. The van der Waals surface area contributed by atoms with Crippen LogP contribution in [0.5, 0.6) is 11.5 Å². The van der Waals surface area contributed by atoms with Crippen LogP contribution in [0.15, 0.2) is 42.5 Å². The van der Waals surface area contributed by atoms with Gasteiger partial charge >= 0.3 is 0 Å². The Hall–Kier alpha value is -3.39. The van der Waals surface area contributed by atoms with Gasteiger partial charge in [-0.3, -0.25) is 4.79 Å². The lowest BCUT2D eigenvalue weighted by atomic mass is 9.85. The van der Waals surface area contributed by atoms with E-state index in [2.05, 4.69) is 5.32 Å². The number of rotatable bonds is 4. The Morgan fingerprint density at radius 1 is 1.13 bits per heavy atom. The summed E-state index contributed by atoms with van der Waals surface area (Å²) < 4.78 is 13.6. The maximum absolute atomic E-state index is 12.6. The summed E-state index contributed by atoms with van der Waals surface area (Å²) in [5.41, 5.74) is 3.76. The quantitative estimate of drug-likeness (QED) is 0.533. The molecule has 1 aliphatic heterocycles. The van der Waals surface area contributed by atoms with E-state index in [4.69, 9.17) is 19.6 Å². The van der Waals surface area contributed by atoms with Crippen molar-refractivity contribution in [2.75, 3.05) is 19.5 Å². The van der Waals surface area contributed by atoms with Crippen LogP contribution in [-0.4, -0.2) is 34.9 Å². The first-order valence-electron chi connectivity index (χ1n) is 9.56. The van der Waals surface area contributed by atoms with Crippen molar-refractivity contribution in [3.8, 4) is 16.6 Å². The molecule has 1 amide bonds. The molecule has 1 N–H and O–H groups in total. The molecule has 2 aromatic heterocycles. The van der Waals surface area contributed by atoms with Crippen molar-refractivity contribution in [3.05, 3.63) is 59.3 Å². The zero-order valence-electron chi connectivity index (χ0n) is 16.8. The molecule has 4 aromatic rings. The summed E-state index contributed by atoms with van der Waals surface area (Å²) in [6.45, 7) is 1.97. The highest BCUT2D eigenvalue weighted by Crippen LogP contribution is 2.43. The number of anilines is 1. The molecule has 0 fully saturated rings. The summed E-state index contributed by atoms with van der Waals surface area (Å²) in [6, 6.07) is 13.7. The molecule has 2 aromatic carbocycles. The molecule has 8 heteroatoms. The molecule has 0 saturated carbocycles. The molecule has 0 saturated heterocycles. The van der Waals surface area contributed by atoms with Crippen LogP contribution in [-0.2, 0) is 4.79 Å².